The van der Waals surface area contributed by atoms with Crippen molar-refractivity contribution in [2.45, 2.75) is 57.3 Å². The number of rotatable bonds is 4. The molecule has 2 unspecified atom stereocenters. The van der Waals surface area contributed by atoms with Crippen LogP contribution in [0.4, 0.5) is 13.2 Å². The predicted octanol–water partition coefficient (Wildman–Crippen LogP) is 2.79. The summed E-state index contributed by atoms with van der Waals surface area (Å²) in [6, 6.07) is 0.212. The third-order valence-corrected chi connectivity index (χ3v) is 4.38. The van der Waals surface area contributed by atoms with Crippen molar-refractivity contribution in [2.75, 3.05) is 19.6 Å². The molecule has 106 valence electrons. The Morgan fingerprint density at radius 3 is 2.50 bits per heavy atom. The fourth-order valence-corrected chi connectivity index (χ4v) is 3.11. The Bertz CT molecular complexity index is 288. The van der Waals surface area contributed by atoms with Gasteiger partial charge >= 0.3 is 6.18 Å². The zero-order chi connectivity index (χ0) is 13.4. The average Bonchev–Trinajstić information content (AvgIpc) is 3.05. The SMILES string of the molecule is CCCC1CN(CC(F)(F)F)C(C)(C2CC2)CN1. The van der Waals surface area contributed by atoms with Crippen molar-refractivity contribution >= 4 is 0 Å². The molecule has 2 nitrogen and oxygen atoms in total. The molecule has 0 radical (unpaired) electrons. The van der Waals surface area contributed by atoms with Gasteiger partial charge in [-0.15, -0.1) is 0 Å². The quantitative estimate of drug-likeness (QED) is 0.840. The van der Waals surface area contributed by atoms with Crippen LogP contribution in [0.15, 0.2) is 0 Å². The summed E-state index contributed by atoms with van der Waals surface area (Å²) in [6.07, 6.45) is 0.0208. The molecule has 5 heteroatoms. The molecule has 0 aromatic carbocycles. The molecule has 2 aliphatic rings. The lowest BCUT2D eigenvalue weighted by molar-refractivity contribution is -0.165. The number of alkyl halides is 3. The Labute approximate surface area is 107 Å². The Hall–Kier alpha value is -0.290. The van der Waals surface area contributed by atoms with Crippen LogP contribution in [-0.2, 0) is 0 Å². The van der Waals surface area contributed by atoms with Gasteiger partial charge in [-0.2, -0.15) is 13.2 Å². The molecule has 1 aliphatic heterocycles. The smallest absolute Gasteiger partial charge is 0.311 e. The van der Waals surface area contributed by atoms with Crippen molar-refractivity contribution in [3.05, 3.63) is 0 Å². The highest BCUT2D eigenvalue weighted by molar-refractivity contribution is 5.05. The van der Waals surface area contributed by atoms with E-state index in [-0.39, 0.29) is 11.6 Å². The number of nitrogens with one attached hydrogen (secondary N) is 1. The highest BCUT2D eigenvalue weighted by Crippen LogP contribution is 2.44. The van der Waals surface area contributed by atoms with E-state index in [1.165, 1.54) is 0 Å². The number of hydrogen-bond acceptors (Lipinski definition) is 2. The zero-order valence-electron chi connectivity index (χ0n) is 11.2. The van der Waals surface area contributed by atoms with E-state index in [4.69, 9.17) is 0 Å². The van der Waals surface area contributed by atoms with Gasteiger partial charge in [0.25, 0.3) is 0 Å². The first-order chi connectivity index (χ1) is 8.35. The van der Waals surface area contributed by atoms with E-state index < -0.39 is 12.7 Å². The minimum Gasteiger partial charge on any atom is -0.311 e. The minimum absolute atomic E-state index is 0.212. The van der Waals surface area contributed by atoms with Crippen molar-refractivity contribution in [3.63, 3.8) is 0 Å². The predicted molar refractivity (Wildman–Crippen MR) is 65.5 cm³/mol. The van der Waals surface area contributed by atoms with Crippen LogP contribution in [0.25, 0.3) is 0 Å². The largest absolute Gasteiger partial charge is 0.401 e. The van der Waals surface area contributed by atoms with Crippen LogP contribution in [0, 0.1) is 5.92 Å². The third-order valence-electron chi connectivity index (χ3n) is 4.38. The second kappa shape index (κ2) is 5.00. The summed E-state index contributed by atoms with van der Waals surface area (Å²) < 4.78 is 38.2. The number of hydrogen-bond donors (Lipinski definition) is 1. The maximum Gasteiger partial charge on any atom is 0.401 e. The van der Waals surface area contributed by atoms with Crippen molar-refractivity contribution < 1.29 is 13.2 Å². The van der Waals surface area contributed by atoms with Crippen LogP contribution in [0.3, 0.4) is 0 Å². The van der Waals surface area contributed by atoms with Gasteiger partial charge in [-0.1, -0.05) is 13.3 Å². The van der Waals surface area contributed by atoms with Crippen LogP contribution >= 0.6 is 0 Å². The van der Waals surface area contributed by atoms with Gasteiger partial charge in [-0.25, -0.2) is 0 Å². The van der Waals surface area contributed by atoms with Gasteiger partial charge in [-0.05, 0) is 32.1 Å². The average molecular weight is 264 g/mol. The zero-order valence-corrected chi connectivity index (χ0v) is 11.2. The molecule has 1 heterocycles. The standard InChI is InChI=1S/C13H23F3N2/c1-3-4-11-7-18(9-13(14,15)16)12(2,8-17-11)10-5-6-10/h10-11,17H,3-9H2,1-2H3. The number of halogens is 3. The van der Waals surface area contributed by atoms with Gasteiger partial charge in [0.1, 0.15) is 0 Å². The molecule has 1 N–H and O–H groups in total. The molecule has 1 saturated carbocycles. The monoisotopic (exact) mass is 264 g/mol. The first-order valence-corrected chi connectivity index (χ1v) is 6.90. The second-order valence-electron chi connectivity index (χ2n) is 5.99. The van der Waals surface area contributed by atoms with Gasteiger partial charge < -0.3 is 5.32 Å². The highest BCUT2D eigenvalue weighted by Gasteiger charge is 2.50. The summed E-state index contributed by atoms with van der Waals surface area (Å²) >= 11 is 0. The first kappa shape index (κ1) is 14.1. The van der Waals surface area contributed by atoms with Crippen molar-refractivity contribution in [1.82, 2.24) is 10.2 Å². The molecule has 1 saturated heterocycles. The normalized spacial score (nSPS) is 34.8. The molecule has 1 aliphatic carbocycles. The van der Waals surface area contributed by atoms with Crippen LogP contribution in [-0.4, -0.2) is 42.3 Å². The van der Waals surface area contributed by atoms with Gasteiger partial charge in [0, 0.05) is 24.7 Å². The van der Waals surface area contributed by atoms with E-state index in [1.807, 2.05) is 6.92 Å². The van der Waals surface area contributed by atoms with Crippen LogP contribution in [0.1, 0.15) is 39.5 Å². The fraction of sp³-hybridized carbons (Fsp3) is 1.00. The van der Waals surface area contributed by atoms with Crippen molar-refractivity contribution in [1.29, 1.82) is 0 Å². The molecule has 2 rings (SSSR count). The van der Waals surface area contributed by atoms with Gasteiger partial charge in [0.15, 0.2) is 0 Å². The lowest BCUT2D eigenvalue weighted by atomic mass is 9.88. The fourth-order valence-electron chi connectivity index (χ4n) is 3.11. The molecular weight excluding hydrogens is 241 g/mol. The number of piperazine rings is 1. The molecule has 0 aromatic heterocycles. The summed E-state index contributed by atoms with van der Waals surface area (Å²) in [5.41, 5.74) is -0.306. The molecule has 0 amide bonds. The van der Waals surface area contributed by atoms with Crippen molar-refractivity contribution in [3.8, 4) is 0 Å². The topological polar surface area (TPSA) is 15.3 Å². The summed E-state index contributed by atoms with van der Waals surface area (Å²) in [6.45, 7) is 4.52. The lowest BCUT2D eigenvalue weighted by Gasteiger charge is -2.49. The van der Waals surface area contributed by atoms with E-state index in [0.29, 0.717) is 19.0 Å². The molecular formula is C13H23F3N2. The Morgan fingerprint density at radius 2 is 2.00 bits per heavy atom. The van der Waals surface area contributed by atoms with E-state index in [2.05, 4.69) is 12.2 Å². The van der Waals surface area contributed by atoms with Gasteiger partial charge in [-0.3, -0.25) is 4.90 Å². The molecule has 0 aromatic rings. The summed E-state index contributed by atoms with van der Waals surface area (Å²) in [5.74, 6) is 0.440. The Morgan fingerprint density at radius 1 is 1.33 bits per heavy atom. The maximum absolute atomic E-state index is 12.7. The maximum atomic E-state index is 12.7. The van der Waals surface area contributed by atoms with Crippen molar-refractivity contribution in [2.24, 2.45) is 5.92 Å². The van der Waals surface area contributed by atoms with Crippen LogP contribution in [0.5, 0.6) is 0 Å². The van der Waals surface area contributed by atoms with Gasteiger partial charge in [0.2, 0.25) is 0 Å². The Kier molecular flexibility index (Phi) is 3.93. The highest BCUT2D eigenvalue weighted by atomic mass is 19.4. The molecule has 0 bridgehead atoms. The molecule has 18 heavy (non-hydrogen) atoms. The summed E-state index contributed by atoms with van der Waals surface area (Å²) in [4.78, 5) is 1.68. The molecule has 0 spiro atoms. The first-order valence-electron chi connectivity index (χ1n) is 6.90. The second-order valence-corrected chi connectivity index (χ2v) is 5.99. The van der Waals surface area contributed by atoms with E-state index in [9.17, 15) is 13.2 Å². The Balaban J connectivity index is 2.05. The summed E-state index contributed by atoms with van der Waals surface area (Å²) in [7, 11) is 0. The number of nitrogens with zero attached hydrogens (tertiary/aromatic N) is 1. The summed E-state index contributed by atoms with van der Waals surface area (Å²) in [5, 5.41) is 3.44. The van der Waals surface area contributed by atoms with Crippen LogP contribution < -0.4 is 5.32 Å². The third kappa shape index (κ3) is 3.18. The lowest BCUT2D eigenvalue weighted by Crippen LogP contribution is -2.65. The van der Waals surface area contributed by atoms with Crippen LogP contribution in [0.2, 0.25) is 0 Å². The van der Waals surface area contributed by atoms with Gasteiger partial charge in [0.05, 0.1) is 6.54 Å². The minimum atomic E-state index is -4.09. The van der Waals surface area contributed by atoms with E-state index in [0.717, 1.165) is 25.7 Å². The van der Waals surface area contributed by atoms with E-state index in [1.54, 1.807) is 4.90 Å². The molecule has 2 atom stereocenters. The molecule has 2 fully saturated rings. The van der Waals surface area contributed by atoms with E-state index >= 15 is 0 Å².